The van der Waals surface area contributed by atoms with Crippen LogP contribution in [0.4, 0.5) is 18.9 Å². The van der Waals surface area contributed by atoms with Gasteiger partial charge in [-0.05, 0) is 58.8 Å². The molecule has 0 spiro atoms. The van der Waals surface area contributed by atoms with Gasteiger partial charge in [0.15, 0.2) is 0 Å². The molecule has 1 aliphatic heterocycles. The van der Waals surface area contributed by atoms with Crippen LogP contribution in [0.25, 0.3) is 11.1 Å². The first-order chi connectivity index (χ1) is 18.3. The molecule has 4 aromatic carbocycles. The summed E-state index contributed by atoms with van der Waals surface area (Å²) in [6.07, 6.45) is -4.44. The van der Waals surface area contributed by atoms with E-state index in [1.165, 1.54) is 12.1 Å². The smallest absolute Gasteiger partial charge is 0.405 e. The van der Waals surface area contributed by atoms with Gasteiger partial charge < -0.3 is 9.64 Å². The van der Waals surface area contributed by atoms with Crippen LogP contribution in [0, 0.1) is 0 Å². The van der Waals surface area contributed by atoms with Gasteiger partial charge in [-0.2, -0.15) is 0 Å². The van der Waals surface area contributed by atoms with E-state index in [2.05, 4.69) is 10.8 Å². The predicted molar refractivity (Wildman–Crippen MR) is 144 cm³/mol. The number of halogens is 3. The van der Waals surface area contributed by atoms with Gasteiger partial charge in [0.25, 0.3) is 0 Å². The van der Waals surface area contributed by atoms with Crippen LogP contribution in [0.5, 0.6) is 5.75 Å². The Hall–Kier alpha value is -3.75. The fourth-order valence-electron chi connectivity index (χ4n) is 4.59. The lowest BCUT2D eigenvalue weighted by atomic mass is 9.99. The standard InChI is InChI=1S/C30H25F3N2O2S/c1-34-25-15-6-5-13-24(25)20-35(38-28-17-8-7-16-27(28)37-30(31,32)33)26(29(34)36)19-21-10-9-14-23(18-21)22-11-3-2-4-12-22/h2-18,26H,19-20H2,1H3. The normalized spacial score (nSPS) is 16.2. The number of hydrogen-bond acceptors (Lipinski definition) is 4. The maximum Gasteiger partial charge on any atom is 0.573 e. The van der Waals surface area contributed by atoms with Crippen molar-refractivity contribution in [2.45, 2.75) is 30.3 Å². The van der Waals surface area contributed by atoms with Crippen LogP contribution >= 0.6 is 11.9 Å². The van der Waals surface area contributed by atoms with Gasteiger partial charge in [0, 0.05) is 19.3 Å². The lowest BCUT2D eigenvalue weighted by Crippen LogP contribution is -2.43. The summed E-state index contributed by atoms with van der Waals surface area (Å²) in [7, 11) is 1.74. The molecule has 194 valence electrons. The quantitative estimate of drug-likeness (QED) is 0.242. The van der Waals surface area contributed by atoms with E-state index in [1.807, 2.05) is 77.1 Å². The van der Waals surface area contributed by atoms with Crippen molar-refractivity contribution in [3.8, 4) is 16.9 Å². The predicted octanol–water partition coefficient (Wildman–Crippen LogP) is 7.35. The number of benzene rings is 4. The zero-order valence-corrected chi connectivity index (χ0v) is 21.4. The summed E-state index contributed by atoms with van der Waals surface area (Å²) in [5, 5.41) is 0. The van der Waals surface area contributed by atoms with E-state index in [-0.39, 0.29) is 16.6 Å². The third-order valence-corrected chi connectivity index (χ3v) is 7.55. The second-order valence-corrected chi connectivity index (χ2v) is 10.1. The topological polar surface area (TPSA) is 32.8 Å². The Morgan fingerprint density at radius 2 is 1.55 bits per heavy atom. The lowest BCUT2D eigenvalue weighted by Gasteiger charge is -2.29. The van der Waals surface area contributed by atoms with Gasteiger partial charge in [-0.15, -0.1) is 13.2 Å². The Morgan fingerprint density at radius 1 is 0.868 bits per heavy atom. The SMILES string of the molecule is CN1C(=O)C(Cc2cccc(-c3ccccc3)c2)N(Sc2ccccc2OC(F)(F)F)Cc2ccccc21. The van der Waals surface area contributed by atoms with Crippen LogP contribution in [0.3, 0.4) is 0 Å². The summed E-state index contributed by atoms with van der Waals surface area (Å²) in [5.74, 6) is -0.435. The van der Waals surface area contributed by atoms with Gasteiger partial charge in [-0.3, -0.25) is 4.79 Å². The summed E-state index contributed by atoms with van der Waals surface area (Å²) in [6.45, 7) is 0.361. The summed E-state index contributed by atoms with van der Waals surface area (Å²) in [4.78, 5) is 15.8. The second kappa shape index (κ2) is 10.9. The molecule has 0 aromatic heterocycles. The van der Waals surface area contributed by atoms with E-state index in [4.69, 9.17) is 0 Å². The van der Waals surface area contributed by atoms with E-state index in [9.17, 15) is 18.0 Å². The lowest BCUT2D eigenvalue weighted by molar-refractivity contribution is -0.275. The minimum atomic E-state index is -4.82. The molecule has 0 aliphatic carbocycles. The number of amides is 1. The molecule has 4 nitrogen and oxygen atoms in total. The fraction of sp³-hybridized carbons (Fsp3) is 0.167. The third-order valence-electron chi connectivity index (χ3n) is 6.40. The molecule has 1 heterocycles. The largest absolute Gasteiger partial charge is 0.573 e. The summed E-state index contributed by atoms with van der Waals surface area (Å²) in [5.41, 5.74) is 4.74. The molecule has 0 fully saturated rings. The van der Waals surface area contributed by atoms with Crippen molar-refractivity contribution in [3.05, 3.63) is 114 Å². The van der Waals surface area contributed by atoms with Crippen molar-refractivity contribution in [1.82, 2.24) is 4.31 Å². The van der Waals surface area contributed by atoms with Crippen LogP contribution in [-0.4, -0.2) is 29.7 Å². The van der Waals surface area contributed by atoms with E-state index in [0.717, 1.165) is 39.9 Å². The van der Waals surface area contributed by atoms with Crippen LogP contribution in [0.1, 0.15) is 11.1 Å². The molecule has 0 saturated heterocycles. The molecule has 38 heavy (non-hydrogen) atoms. The summed E-state index contributed by atoms with van der Waals surface area (Å²) >= 11 is 1.10. The zero-order valence-electron chi connectivity index (χ0n) is 20.6. The summed E-state index contributed by atoms with van der Waals surface area (Å²) < 4.78 is 45.5. The molecule has 4 aromatic rings. The Balaban J connectivity index is 1.52. The molecule has 1 aliphatic rings. The van der Waals surface area contributed by atoms with Gasteiger partial charge in [0.2, 0.25) is 5.91 Å². The van der Waals surface area contributed by atoms with E-state index in [0.29, 0.717) is 13.0 Å². The third kappa shape index (κ3) is 5.87. The number of rotatable bonds is 6. The molecule has 8 heteroatoms. The average Bonchev–Trinajstić information content (AvgIpc) is 3.00. The number of carbonyl (C=O) groups excluding carboxylic acids is 1. The molecular weight excluding hydrogens is 509 g/mol. The highest BCUT2D eigenvalue weighted by molar-refractivity contribution is 7.97. The molecule has 1 amide bonds. The highest BCUT2D eigenvalue weighted by Gasteiger charge is 2.36. The monoisotopic (exact) mass is 534 g/mol. The molecular formula is C30H25F3N2O2S. The van der Waals surface area contributed by atoms with Crippen LogP contribution in [0.15, 0.2) is 108 Å². The molecule has 0 N–H and O–H groups in total. The zero-order chi connectivity index (χ0) is 26.7. The maximum absolute atomic E-state index is 13.8. The van der Waals surface area contributed by atoms with E-state index >= 15 is 0 Å². The maximum atomic E-state index is 13.8. The Labute approximate surface area is 223 Å². The van der Waals surface area contributed by atoms with Gasteiger partial charge >= 0.3 is 6.36 Å². The van der Waals surface area contributed by atoms with Gasteiger partial charge in [-0.1, -0.05) is 84.9 Å². The van der Waals surface area contributed by atoms with Crippen molar-refractivity contribution >= 4 is 23.5 Å². The van der Waals surface area contributed by atoms with Gasteiger partial charge in [0.05, 0.1) is 4.90 Å². The van der Waals surface area contributed by atoms with Crippen LogP contribution < -0.4 is 9.64 Å². The minimum absolute atomic E-state index is 0.137. The van der Waals surface area contributed by atoms with Crippen molar-refractivity contribution in [2.75, 3.05) is 11.9 Å². The van der Waals surface area contributed by atoms with E-state index in [1.54, 1.807) is 24.1 Å². The number of alkyl halides is 3. The number of anilines is 1. The van der Waals surface area contributed by atoms with Crippen molar-refractivity contribution in [3.63, 3.8) is 0 Å². The number of para-hydroxylation sites is 2. The minimum Gasteiger partial charge on any atom is -0.405 e. The Bertz CT molecular complexity index is 1430. The Kier molecular flexibility index (Phi) is 7.44. The molecule has 5 rings (SSSR count). The number of ether oxygens (including phenoxy) is 1. The first-order valence-corrected chi connectivity index (χ1v) is 12.8. The number of carbonyl (C=O) groups is 1. The van der Waals surface area contributed by atoms with Crippen LogP contribution in [-0.2, 0) is 17.8 Å². The molecule has 1 atom stereocenters. The van der Waals surface area contributed by atoms with Crippen molar-refractivity contribution in [2.24, 2.45) is 0 Å². The van der Waals surface area contributed by atoms with Crippen molar-refractivity contribution in [1.29, 1.82) is 0 Å². The summed E-state index contributed by atoms with van der Waals surface area (Å²) in [6, 6.07) is 30.9. The molecule has 1 unspecified atom stereocenters. The van der Waals surface area contributed by atoms with Crippen LogP contribution in [0.2, 0.25) is 0 Å². The second-order valence-electron chi connectivity index (χ2n) is 8.97. The van der Waals surface area contributed by atoms with E-state index < -0.39 is 12.4 Å². The average molecular weight is 535 g/mol. The molecule has 0 saturated carbocycles. The molecule has 0 bridgehead atoms. The number of likely N-dealkylation sites (N-methyl/N-ethyl adjacent to an activating group) is 1. The number of nitrogens with zero attached hydrogens (tertiary/aromatic N) is 2. The highest BCUT2D eigenvalue weighted by atomic mass is 32.2. The van der Waals surface area contributed by atoms with Gasteiger partial charge in [0.1, 0.15) is 11.8 Å². The first kappa shape index (κ1) is 25.9. The van der Waals surface area contributed by atoms with Crippen molar-refractivity contribution < 1.29 is 22.7 Å². The fourth-order valence-corrected chi connectivity index (χ4v) is 5.68. The number of hydrogen-bond donors (Lipinski definition) is 0. The highest BCUT2D eigenvalue weighted by Crippen LogP contribution is 2.40. The Morgan fingerprint density at radius 3 is 2.34 bits per heavy atom. The molecule has 0 radical (unpaired) electrons. The number of fused-ring (bicyclic) bond motifs is 1. The van der Waals surface area contributed by atoms with Gasteiger partial charge in [-0.25, -0.2) is 4.31 Å². The first-order valence-electron chi connectivity index (χ1n) is 12.1.